The Kier molecular flexibility index (Phi) is 4.69. The second-order valence-corrected chi connectivity index (χ2v) is 7.02. The highest BCUT2D eigenvalue weighted by Gasteiger charge is 2.29. The quantitative estimate of drug-likeness (QED) is 0.824. The van der Waals surface area contributed by atoms with E-state index in [1.807, 2.05) is 12.1 Å². The van der Waals surface area contributed by atoms with Crippen LogP contribution >= 0.6 is 11.6 Å². The number of aromatic nitrogens is 3. The first kappa shape index (κ1) is 17.1. The topological polar surface area (TPSA) is 101 Å². The molecule has 0 amide bonds. The summed E-state index contributed by atoms with van der Waals surface area (Å²) >= 11 is 5.94. The number of nitrogen functional groups attached to an aromatic ring is 1. The number of nitrogens with two attached hydrogens (primary N) is 1. The van der Waals surface area contributed by atoms with E-state index in [4.69, 9.17) is 22.1 Å². The molecule has 0 aromatic carbocycles. The third-order valence-corrected chi connectivity index (χ3v) is 5.02. The van der Waals surface area contributed by atoms with Gasteiger partial charge in [0, 0.05) is 63.0 Å². The summed E-state index contributed by atoms with van der Waals surface area (Å²) in [4.78, 5) is 8.73. The average Bonchev–Trinajstić information content (AvgIpc) is 2.63. The van der Waals surface area contributed by atoms with Crippen LogP contribution in [0.3, 0.4) is 0 Å². The number of ether oxygens (including phenoxy) is 1. The summed E-state index contributed by atoms with van der Waals surface area (Å²) in [5, 5.41) is 17.4. The molecule has 4 rings (SSSR count). The average molecular weight is 377 g/mol. The third-order valence-electron chi connectivity index (χ3n) is 4.83. The SMILES string of the molecule is Nc1nnc(Cl)cc1N1CCN(c2ccnc(OC3CC(O)C3)c2)CC1. The van der Waals surface area contributed by atoms with Crippen molar-refractivity contribution in [3.8, 4) is 5.88 Å². The number of aliphatic hydroxyl groups excluding tert-OH is 1. The van der Waals surface area contributed by atoms with Crippen molar-refractivity contribution in [1.29, 1.82) is 0 Å². The third kappa shape index (κ3) is 3.61. The van der Waals surface area contributed by atoms with Gasteiger partial charge < -0.3 is 25.4 Å². The second-order valence-electron chi connectivity index (χ2n) is 6.63. The van der Waals surface area contributed by atoms with Gasteiger partial charge in [0.1, 0.15) is 6.10 Å². The van der Waals surface area contributed by atoms with E-state index in [1.165, 1.54) is 0 Å². The number of nitrogens with zero attached hydrogens (tertiary/aromatic N) is 5. The maximum absolute atomic E-state index is 9.37. The Bertz CT molecular complexity index is 778. The summed E-state index contributed by atoms with van der Waals surface area (Å²) in [5.74, 6) is 1.00. The van der Waals surface area contributed by atoms with E-state index in [1.54, 1.807) is 12.3 Å². The summed E-state index contributed by atoms with van der Waals surface area (Å²) in [5.41, 5.74) is 7.83. The van der Waals surface area contributed by atoms with Gasteiger partial charge in [-0.3, -0.25) is 0 Å². The Hall–Kier alpha value is -2.32. The van der Waals surface area contributed by atoms with E-state index in [9.17, 15) is 5.11 Å². The van der Waals surface area contributed by atoms with Gasteiger partial charge in [0.25, 0.3) is 0 Å². The predicted octanol–water partition coefficient (Wildman–Crippen LogP) is 1.34. The Labute approximate surface area is 156 Å². The van der Waals surface area contributed by atoms with E-state index in [2.05, 4.69) is 25.0 Å². The molecule has 0 atom stereocenters. The Morgan fingerprint density at radius 3 is 2.58 bits per heavy atom. The molecule has 0 bridgehead atoms. The number of hydrogen-bond donors (Lipinski definition) is 2. The second kappa shape index (κ2) is 7.13. The van der Waals surface area contributed by atoms with E-state index in [0.717, 1.165) is 37.6 Å². The van der Waals surface area contributed by atoms with Crippen molar-refractivity contribution < 1.29 is 9.84 Å². The van der Waals surface area contributed by atoms with Gasteiger partial charge in [0.05, 0.1) is 11.8 Å². The lowest BCUT2D eigenvalue weighted by molar-refractivity contribution is -0.0128. The van der Waals surface area contributed by atoms with Crippen LogP contribution in [0.2, 0.25) is 5.15 Å². The fourth-order valence-electron chi connectivity index (χ4n) is 3.29. The Morgan fingerprint density at radius 1 is 1.12 bits per heavy atom. The molecule has 26 heavy (non-hydrogen) atoms. The zero-order chi connectivity index (χ0) is 18.1. The molecule has 0 spiro atoms. The molecule has 2 aromatic rings. The highest BCUT2D eigenvalue weighted by Crippen LogP contribution is 2.28. The van der Waals surface area contributed by atoms with Gasteiger partial charge in [-0.15, -0.1) is 10.2 Å². The number of halogens is 1. The predicted molar refractivity (Wildman–Crippen MR) is 99.8 cm³/mol. The normalized spacial score (nSPS) is 22.8. The first-order valence-electron chi connectivity index (χ1n) is 8.68. The van der Waals surface area contributed by atoms with Crippen molar-refractivity contribution in [2.75, 3.05) is 41.7 Å². The largest absolute Gasteiger partial charge is 0.474 e. The van der Waals surface area contributed by atoms with E-state index >= 15 is 0 Å². The van der Waals surface area contributed by atoms with Gasteiger partial charge in [-0.2, -0.15) is 0 Å². The molecule has 3 N–H and O–H groups in total. The van der Waals surface area contributed by atoms with Crippen LogP contribution in [0.15, 0.2) is 24.4 Å². The number of rotatable bonds is 4. The van der Waals surface area contributed by atoms with Crippen LogP contribution in [0.4, 0.5) is 17.2 Å². The van der Waals surface area contributed by atoms with Gasteiger partial charge in [-0.25, -0.2) is 4.98 Å². The standard InChI is InChI=1S/C17H21ClN6O2/c18-15-10-14(17(19)22-21-15)24-5-3-23(4-6-24)11-1-2-20-16(7-11)26-13-8-12(25)9-13/h1-2,7,10,12-13,25H,3-6,8-9H2,(H2,19,22). The summed E-state index contributed by atoms with van der Waals surface area (Å²) in [6.07, 6.45) is 2.94. The summed E-state index contributed by atoms with van der Waals surface area (Å²) in [6.45, 7) is 3.29. The molecule has 2 fully saturated rings. The van der Waals surface area contributed by atoms with E-state index < -0.39 is 0 Å². The molecule has 3 heterocycles. The molecule has 1 aliphatic heterocycles. The van der Waals surface area contributed by atoms with Crippen LogP contribution in [0.25, 0.3) is 0 Å². The number of piperazine rings is 1. The van der Waals surface area contributed by atoms with Crippen LogP contribution < -0.4 is 20.3 Å². The van der Waals surface area contributed by atoms with Crippen molar-refractivity contribution in [1.82, 2.24) is 15.2 Å². The minimum absolute atomic E-state index is 0.0662. The summed E-state index contributed by atoms with van der Waals surface area (Å²) in [6, 6.07) is 5.70. The first-order chi connectivity index (χ1) is 12.6. The van der Waals surface area contributed by atoms with Gasteiger partial charge in [-0.05, 0) is 6.07 Å². The minimum atomic E-state index is -0.236. The van der Waals surface area contributed by atoms with Crippen LogP contribution in [0.5, 0.6) is 5.88 Å². The number of pyridine rings is 1. The Morgan fingerprint density at radius 2 is 1.85 bits per heavy atom. The highest BCUT2D eigenvalue weighted by molar-refractivity contribution is 6.29. The smallest absolute Gasteiger partial charge is 0.215 e. The number of aliphatic hydroxyl groups is 1. The highest BCUT2D eigenvalue weighted by atomic mass is 35.5. The molecule has 8 nitrogen and oxygen atoms in total. The molecule has 1 aliphatic carbocycles. The zero-order valence-corrected chi connectivity index (χ0v) is 15.0. The number of hydrogen-bond acceptors (Lipinski definition) is 8. The van der Waals surface area contributed by atoms with Crippen LogP contribution in [-0.4, -0.2) is 58.7 Å². The van der Waals surface area contributed by atoms with Gasteiger partial charge in [0.15, 0.2) is 11.0 Å². The van der Waals surface area contributed by atoms with Crippen LogP contribution in [0.1, 0.15) is 12.8 Å². The monoisotopic (exact) mass is 376 g/mol. The maximum Gasteiger partial charge on any atom is 0.215 e. The molecule has 1 saturated heterocycles. The molecule has 0 unspecified atom stereocenters. The van der Waals surface area contributed by atoms with Crippen molar-refractivity contribution in [2.24, 2.45) is 0 Å². The van der Waals surface area contributed by atoms with Gasteiger partial charge >= 0.3 is 0 Å². The minimum Gasteiger partial charge on any atom is -0.474 e. The Balaban J connectivity index is 1.39. The molecular formula is C17H21ClN6O2. The fraction of sp³-hybridized carbons (Fsp3) is 0.471. The first-order valence-corrected chi connectivity index (χ1v) is 9.05. The van der Waals surface area contributed by atoms with Gasteiger partial charge in [0.2, 0.25) is 5.88 Å². The molecule has 2 aromatic heterocycles. The van der Waals surface area contributed by atoms with Crippen molar-refractivity contribution >= 4 is 28.8 Å². The van der Waals surface area contributed by atoms with Crippen molar-refractivity contribution in [3.05, 3.63) is 29.5 Å². The molecule has 2 aliphatic rings. The lowest BCUT2D eigenvalue weighted by Gasteiger charge is -2.37. The van der Waals surface area contributed by atoms with E-state index in [0.29, 0.717) is 29.7 Å². The lowest BCUT2D eigenvalue weighted by Crippen LogP contribution is -2.46. The lowest BCUT2D eigenvalue weighted by atomic mass is 9.92. The van der Waals surface area contributed by atoms with Crippen LogP contribution in [0, 0.1) is 0 Å². The van der Waals surface area contributed by atoms with Crippen molar-refractivity contribution in [2.45, 2.75) is 25.0 Å². The summed E-state index contributed by atoms with van der Waals surface area (Å²) < 4.78 is 5.82. The maximum atomic E-state index is 9.37. The zero-order valence-electron chi connectivity index (χ0n) is 14.3. The van der Waals surface area contributed by atoms with E-state index in [-0.39, 0.29) is 12.2 Å². The van der Waals surface area contributed by atoms with Crippen molar-refractivity contribution in [3.63, 3.8) is 0 Å². The molecular weight excluding hydrogens is 356 g/mol. The number of anilines is 3. The fourth-order valence-corrected chi connectivity index (χ4v) is 3.43. The molecule has 9 heteroatoms. The molecule has 0 radical (unpaired) electrons. The molecule has 138 valence electrons. The van der Waals surface area contributed by atoms with Gasteiger partial charge in [-0.1, -0.05) is 11.6 Å². The summed E-state index contributed by atoms with van der Waals surface area (Å²) in [7, 11) is 0. The van der Waals surface area contributed by atoms with Crippen LogP contribution in [-0.2, 0) is 0 Å². The molecule has 1 saturated carbocycles.